The average Bonchev–Trinajstić information content (AvgIpc) is 2.64. The number of carbonyl (C=O) groups is 2. The number of carboxylic acid groups (broad SMARTS) is 1. The van der Waals surface area contributed by atoms with Crippen molar-refractivity contribution >= 4 is 33.5 Å². The third-order valence-corrected chi connectivity index (χ3v) is 5.35. The van der Waals surface area contributed by atoms with Crippen LogP contribution in [0.1, 0.15) is 16.8 Å². The maximum absolute atomic E-state index is 12.5. The maximum Gasteiger partial charge on any atom is 0.335 e. The molecule has 1 fully saturated rings. The standard InChI is InChI=1S/C12H13ClN2O5S/c13-9-3-2-8(12(17)18)6-10(9)21(19,20)15-5-1-4-14-11(16)7-15/h2-3,6H,1,4-5,7H2,(H,14,16)(H,17,18). The van der Waals surface area contributed by atoms with Crippen LogP contribution in [-0.4, -0.2) is 49.3 Å². The molecule has 1 heterocycles. The first-order valence-electron chi connectivity index (χ1n) is 6.12. The highest BCUT2D eigenvalue weighted by atomic mass is 35.5. The number of carbonyl (C=O) groups excluding carboxylic acids is 1. The van der Waals surface area contributed by atoms with Gasteiger partial charge in [0.05, 0.1) is 17.1 Å². The number of aromatic carboxylic acids is 1. The van der Waals surface area contributed by atoms with Crippen LogP contribution < -0.4 is 5.32 Å². The quantitative estimate of drug-likeness (QED) is 0.841. The van der Waals surface area contributed by atoms with Gasteiger partial charge < -0.3 is 10.4 Å². The van der Waals surface area contributed by atoms with Crippen molar-refractivity contribution in [3.8, 4) is 0 Å². The van der Waals surface area contributed by atoms with Crippen LogP contribution in [0.4, 0.5) is 0 Å². The van der Waals surface area contributed by atoms with Crippen LogP contribution >= 0.6 is 11.6 Å². The number of carboxylic acids is 1. The van der Waals surface area contributed by atoms with Crippen LogP contribution in [0.25, 0.3) is 0 Å². The fraction of sp³-hybridized carbons (Fsp3) is 0.333. The Morgan fingerprint density at radius 3 is 2.76 bits per heavy atom. The number of benzene rings is 1. The van der Waals surface area contributed by atoms with Gasteiger partial charge >= 0.3 is 5.97 Å². The smallest absolute Gasteiger partial charge is 0.335 e. The van der Waals surface area contributed by atoms with Crippen molar-refractivity contribution in [1.82, 2.24) is 9.62 Å². The molecule has 0 saturated carbocycles. The van der Waals surface area contributed by atoms with Crippen LogP contribution in [0.15, 0.2) is 23.1 Å². The molecule has 21 heavy (non-hydrogen) atoms. The zero-order chi connectivity index (χ0) is 15.6. The number of sulfonamides is 1. The average molecular weight is 333 g/mol. The van der Waals surface area contributed by atoms with E-state index >= 15 is 0 Å². The number of halogens is 1. The van der Waals surface area contributed by atoms with Gasteiger partial charge in [-0.15, -0.1) is 0 Å². The first-order chi connectivity index (χ1) is 9.82. The third-order valence-electron chi connectivity index (χ3n) is 3.02. The normalized spacial score (nSPS) is 17.1. The molecule has 0 unspecified atom stereocenters. The molecule has 1 aliphatic heterocycles. The van der Waals surface area contributed by atoms with Gasteiger partial charge in [-0.25, -0.2) is 13.2 Å². The van der Waals surface area contributed by atoms with Crippen molar-refractivity contribution in [2.24, 2.45) is 0 Å². The molecule has 9 heteroatoms. The Kier molecular flexibility index (Phi) is 4.50. The second-order valence-electron chi connectivity index (χ2n) is 4.49. The molecule has 1 aromatic carbocycles. The van der Waals surface area contributed by atoms with Crippen LogP contribution in [0.2, 0.25) is 5.02 Å². The van der Waals surface area contributed by atoms with Gasteiger partial charge in [0.2, 0.25) is 15.9 Å². The molecule has 1 saturated heterocycles. The van der Waals surface area contributed by atoms with Gasteiger partial charge in [-0.3, -0.25) is 4.79 Å². The SMILES string of the molecule is O=C1CN(S(=O)(=O)c2cc(C(=O)O)ccc2Cl)CCCN1. The van der Waals surface area contributed by atoms with Crippen molar-refractivity contribution in [3.63, 3.8) is 0 Å². The minimum atomic E-state index is -4.03. The van der Waals surface area contributed by atoms with Crippen molar-refractivity contribution in [2.45, 2.75) is 11.3 Å². The molecule has 0 radical (unpaired) electrons. The summed E-state index contributed by atoms with van der Waals surface area (Å²) in [4.78, 5) is 22.1. The second-order valence-corrected chi connectivity index (χ2v) is 6.81. The Hall–Kier alpha value is -1.64. The van der Waals surface area contributed by atoms with Gasteiger partial charge in [-0.05, 0) is 24.6 Å². The minimum absolute atomic E-state index is 0.0790. The van der Waals surface area contributed by atoms with Gasteiger partial charge in [-0.2, -0.15) is 4.31 Å². The molecular weight excluding hydrogens is 320 g/mol. The zero-order valence-corrected chi connectivity index (χ0v) is 12.4. The van der Waals surface area contributed by atoms with Crippen molar-refractivity contribution in [1.29, 1.82) is 0 Å². The molecule has 7 nitrogen and oxygen atoms in total. The van der Waals surface area contributed by atoms with E-state index < -0.39 is 21.9 Å². The Labute approximate surface area is 126 Å². The molecule has 2 rings (SSSR count). The summed E-state index contributed by atoms with van der Waals surface area (Å²) in [6, 6.07) is 3.44. The molecule has 1 amide bonds. The highest BCUT2D eigenvalue weighted by Gasteiger charge is 2.30. The fourth-order valence-electron chi connectivity index (χ4n) is 1.96. The van der Waals surface area contributed by atoms with Crippen LogP contribution in [0.3, 0.4) is 0 Å². The molecule has 2 N–H and O–H groups in total. The number of hydrogen-bond donors (Lipinski definition) is 2. The Bertz CT molecular complexity index is 689. The van der Waals surface area contributed by atoms with E-state index in [1.807, 2.05) is 0 Å². The van der Waals surface area contributed by atoms with Gasteiger partial charge in [0.25, 0.3) is 0 Å². The Balaban J connectivity index is 2.45. The minimum Gasteiger partial charge on any atom is -0.478 e. The summed E-state index contributed by atoms with van der Waals surface area (Å²) in [6.07, 6.45) is 0.473. The monoisotopic (exact) mass is 332 g/mol. The Morgan fingerprint density at radius 2 is 2.10 bits per heavy atom. The van der Waals surface area contributed by atoms with Crippen molar-refractivity contribution in [3.05, 3.63) is 28.8 Å². The molecule has 0 aromatic heterocycles. The molecule has 0 bridgehead atoms. The largest absolute Gasteiger partial charge is 0.478 e. The highest BCUT2D eigenvalue weighted by molar-refractivity contribution is 7.89. The van der Waals surface area contributed by atoms with Crippen LogP contribution in [-0.2, 0) is 14.8 Å². The molecule has 1 aliphatic rings. The first kappa shape index (κ1) is 15.7. The highest BCUT2D eigenvalue weighted by Crippen LogP contribution is 2.26. The predicted octanol–water partition coefficient (Wildman–Crippen LogP) is 0.549. The van der Waals surface area contributed by atoms with Crippen molar-refractivity contribution < 1.29 is 23.1 Å². The number of nitrogens with zero attached hydrogens (tertiary/aromatic N) is 1. The van der Waals surface area contributed by atoms with E-state index in [2.05, 4.69) is 5.32 Å². The summed E-state index contributed by atoms with van der Waals surface area (Å²) in [6.45, 7) is 0.248. The third kappa shape index (κ3) is 3.34. The number of amides is 1. The topological polar surface area (TPSA) is 104 Å². The first-order valence-corrected chi connectivity index (χ1v) is 7.94. The second kappa shape index (κ2) is 6.00. The van der Waals surface area contributed by atoms with Gasteiger partial charge in [0, 0.05) is 13.1 Å². The van der Waals surface area contributed by atoms with Crippen molar-refractivity contribution in [2.75, 3.05) is 19.6 Å². The van der Waals surface area contributed by atoms with E-state index in [9.17, 15) is 18.0 Å². The molecule has 114 valence electrons. The van der Waals surface area contributed by atoms with E-state index in [1.54, 1.807) is 0 Å². The van der Waals surface area contributed by atoms with Crippen LogP contribution in [0, 0.1) is 0 Å². The number of hydrogen-bond acceptors (Lipinski definition) is 4. The van der Waals surface area contributed by atoms with Crippen LogP contribution in [0.5, 0.6) is 0 Å². The zero-order valence-electron chi connectivity index (χ0n) is 10.9. The number of nitrogens with one attached hydrogen (secondary N) is 1. The van der Waals surface area contributed by atoms with Gasteiger partial charge in [-0.1, -0.05) is 11.6 Å². The van der Waals surface area contributed by atoms with E-state index in [-0.39, 0.29) is 28.6 Å². The lowest BCUT2D eigenvalue weighted by molar-refractivity contribution is -0.120. The van der Waals surface area contributed by atoms with E-state index in [1.165, 1.54) is 12.1 Å². The Morgan fingerprint density at radius 1 is 1.38 bits per heavy atom. The lowest BCUT2D eigenvalue weighted by atomic mass is 10.2. The summed E-state index contributed by atoms with van der Waals surface area (Å²) < 4.78 is 26.1. The van der Waals surface area contributed by atoms with E-state index in [4.69, 9.17) is 16.7 Å². The van der Waals surface area contributed by atoms with Gasteiger partial charge in [0.1, 0.15) is 4.90 Å². The summed E-state index contributed by atoms with van der Waals surface area (Å²) in [5.41, 5.74) is -0.183. The lowest BCUT2D eigenvalue weighted by Crippen LogP contribution is -2.37. The van der Waals surface area contributed by atoms with E-state index in [0.717, 1.165) is 10.4 Å². The molecule has 0 spiro atoms. The summed E-state index contributed by atoms with van der Waals surface area (Å²) >= 11 is 5.88. The molecular formula is C12H13ClN2O5S. The predicted molar refractivity (Wildman–Crippen MR) is 74.8 cm³/mol. The summed E-state index contributed by atoms with van der Waals surface area (Å²) in [7, 11) is -4.03. The lowest BCUT2D eigenvalue weighted by Gasteiger charge is -2.19. The fourth-order valence-corrected chi connectivity index (χ4v) is 3.89. The van der Waals surface area contributed by atoms with Gasteiger partial charge in [0.15, 0.2) is 0 Å². The number of rotatable bonds is 3. The summed E-state index contributed by atoms with van der Waals surface area (Å²) in [5, 5.41) is 11.4. The molecule has 0 aliphatic carbocycles. The van der Waals surface area contributed by atoms with E-state index in [0.29, 0.717) is 13.0 Å². The molecule has 0 atom stereocenters. The summed E-state index contributed by atoms with van der Waals surface area (Å²) in [5.74, 6) is -1.65. The molecule has 1 aromatic rings. The maximum atomic E-state index is 12.5.